The molecule has 0 bridgehead atoms. The molecule has 0 saturated heterocycles. The number of para-hydroxylation sites is 1. The van der Waals surface area contributed by atoms with Crippen molar-refractivity contribution in [3.63, 3.8) is 0 Å². The first-order chi connectivity index (χ1) is 23.3. The van der Waals surface area contributed by atoms with E-state index >= 15 is 0 Å². The minimum Gasteiger partial charge on any atom is -0.456 e. The Kier molecular flexibility index (Phi) is 6.43. The van der Waals surface area contributed by atoms with Crippen LogP contribution in [-0.4, -0.2) is 15.0 Å². The van der Waals surface area contributed by atoms with Gasteiger partial charge in [0.05, 0.1) is 0 Å². The second-order valence-corrected chi connectivity index (χ2v) is 11.7. The van der Waals surface area contributed by atoms with Crippen LogP contribution < -0.4 is 0 Å². The summed E-state index contributed by atoms with van der Waals surface area (Å²) in [5, 5.41) is 4.53. The van der Waals surface area contributed by atoms with E-state index in [-0.39, 0.29) is 0 Å². The average molecular weight is 602 g/mol. The lowest BCUT2D eigenvalue weighted by molar-refractivity contribution is 0.669. The Hall–Kier alpha value is -6.39. The average Bonchev–Trinajstić information content (AvgIpc) is 3.54. The SMILES string of the molecule is c1ccc(-c2cccc(-c3nc(-c4ccccc4)nc(-c4ccc5cc(-c6cccc7oc8ccccc8c67)ccc5c4)n3)c2)cc1. The summed E-state index contributed by atoms with van der Waals surface area (Å²) in [5.41, 5.74) is 9.20. The van der Waals surface area contributed by atoms with Crippen molar-refractivity contribution in [1.29, 1.82) is 0 Å². The summed E-state index contributed by atoms with van der Waals surface area (Å²) in [6, 6.07) is 56.4. The lowest BCUT2D eigenvalue weighted by atomic mass is 9.96. The monoisotopic (exact) mass is 601 g/mol. The highest BCUT2D eigenvalue weighted by Crippen LogP contribution is 2.38. The molecule has 4 nitrogen and oxygen atoms in total. The Balaban J connectivity index is 1.15. The van der Waals surface area contributed by atoms with Crippen molar-refractivity contribution in [2.75, 3.05) is 0 Å². The molecule has 7 aromatic carbocycles. The quantitative estimate of drug-likeness (QED) is 0.197. The van der Waals surface area contributed by atoms with Gasteiger partial charge < -0.3 is 4.42 Å². The Morgan fingerprint density at radius 1 is 0.340 bits per heavy atom. The van der Waals surface area contributed by atoms with E-state index in [0.717, 1.165) is 71.7 Å². The van der Waals surface area contributed by atoms with E-state index in [1.54, 1.807) is 0 Å². The van der Waals surface area contributed by atoms with Crippen LogP contribution in [0.25, 0.3) is 89.1 Å². The molecule has 47 heavy (non-hydrogen) atoms. The summed E-state index contributed by atoms with van der Waals surface area (Å²) < 4.78 is 6.16. The van der Waals surface area contributed by atoms with E-state index in [1.807, 2.05) is 54.6 Å². The molecule has 0 saturated carbocycles. The molecular formula is C43H27N3O. The van der Waals surface area contributed by atoms with Gasteiger partial charge in [-0.2, -0.15) is 0 Å². The Morgan fingerprint density at radius 2 is 0.872 bits per heavy atom. The van der Waals surface area contributed by atoms with E-state index in [2.05, 4.69) is 109 Å². The molecule has 0 spiro atoms. The standard InChI is InChI=1S/C43H27N3O/c1-3-11-28(12-4-1)30-15-9-16-34(26-30)42-44-41(29-13-5-2-6-14-29)45-43(46-42)35-24-22-31-25-33(23-21-32(31)27-35)36-18-10-20-39-40(36)37-17-7-8-19-38(37)47-39/h1-27H. The van der Waals surface area contributed by atoms with E-state index in [9.17, 15) is 0 Å². The molecule has 220 valence electrons. The van der Waals surface area contributed by atoms with Crippen LogP contribution >= 0.6 is 0 Å². The number of fused-ring (bicyclic) bond motifs is 4. The molecule has 2 heterocycles. The van der Waals surface area contributed by atoms with Crippen LogP contribution in [0.5, 0.6) is 0 Å². The molecule has 4 heteroatoms. The summed E-state index contributed by atoms with van der Waals surface area (Å²) in [6.07, 6.45) is 0. The van der Waals surface area contributed by atoms with Gasteiger partial charge in [0.2, 0.25) is 0 Å². The van der Waals surface area contributed by atoms with Crippen LogP contribution in [0.1, 0.15) is 0 Å². The number of aromatic nitrogens is 3. The van der Waals surface area contributed by atoms with Gasteiger partial charge in [0.1, 0.15) is 11.2 Å². The van der Waals surface area contributed by atoms with Crippen molar-refractivity contribution in [3.05, 3.63) is 164 Å². The lowest BCUT2D eigenvalue weighted by Gasteiger charge is -2.11. The topological polar surface area (TPSA) is 51.8 Å². The van der Waals surface area contributed by atoms with Gasteiger partial charge in [-0.3, -0.25) is 0 Å². The number of furan rings is 1. The van der Waals surface area contributed by atoms with Crippen molar-refractivity contribution in [2.24, 2.45) is 0 Å². The minimum atomic E-state index is 0.638. The number of benzene rings is 7. The van der Waals surface area contributed by atoms with E-state index < -0.39 is 0 Å². The zero-order chi connectivity index (χ0) is 31.2. The Bertz CT molecular complexity index is 2570. The molecule has 0 amide bonds. The molecule has 0 radical (unpaired) electrons. The van der Waals surface area contributed by atoms with Gasteiger partial charge >= 0.3 is 0 Å². The maximum absolute atomic E-state index is 6.16. The fourth-order valence-corrected chi connectivity index (χ4v) is 6.39. The fourth-order valence-electron chi connectivity index (χ4n) is 6.39. The summed E-state index contributed by atoms with van der Waals surface area (Å²) in [5.74, 6) is 1.92. The number of hydrogen-bond acceptors (Lipinski definition) is 4. The summed E-state index contributed by atoms with van der Waals surface area (Å²) in [4.78, 5) is 15.0. The zero-order valence-electron chi connectivity index (χ0n) is 25.3. The van der Waals surface area contributed by atoms with Crippen LogP contribution in [0.3, 0.4) is 0 Å². The summed E-state index contributed by atoms with van der Waals surface area (Å²) in [7, 11) is 0. The van der Waals surface area contributed by atoms with Crippen LogP contribution in [0, 0.1) is 0 Å². The maximum atomic E-state index is 6.16. The van der Waals surface area contributed by atoms with Crippen LogP contribution in [-0.2, 0) is 0 Å². The smallest absolute Gasteiger partial charge is 0.164 e. The lowest BCUT2D eigenvalue weighted by Crippen LogP contribution is -2.00. The zero-order valence-corrected chi connectivity index (χ0v) is 25.3. The molecule has 2 aromatic heterocycles. The van der Waals surface area contributed by atoms with Crippen molar-refractivity contribution in [2.45, 2.75) is 0 Å². The first-order valence-corrected chi connectivity index (χ1v) is 15.7. The molecule has 0 aliphatic heterocycles. The van der Waals surface area contributed by atoms with Crippen molar-refractivity contribution >= 4 is 32.7 Å². The Morgan fingerprint density at radius 3 is 1.64 bits per heavy atom. The maximum Gasteiger partial charge on any atom is 0.164 e. The van der Waals surface area contributed by atoms with Gasteiger partial charge in [0.15, 0.2) is 17.5 Å². The van der Waals surface area contributed by atoms with Gasteiger partial charge in [-0.15, -0.1) is 0 Å². The van der Waals surface area contributed by atoms with Crippen LogP contribution in [0.2, 0.25) is 0 Å². The second-order valence-electron chi connectivity index (χ2n) is 11.7. The third-order valence-corrected chi connectivity index (χ3v) is 8.71. The van der Waals surface area contributed by atoms with Gasteiger partial charge in [0, 0.05) is 27.5 Å². The Labute approximate surface area is 271 Å². The van der Waals surface area contributed by atoms with E-state index in [1.165, 1.54) is 0 Å². The molecule has 0 aliphatic rings. The van der Waals surface area contributed by atoms with Crippen molar-refractivity contribution in [1.82, 2.24) is 15.0 Å². The first-order valence-electron chi connectivity index (χ1n) is 15.7. The third-order valence-electron chi connectivity index (χ3n) is 8.71. The molecule has 9 aromatic rings. The molecule has 0 unspecified atom stereocenters. The molecule has 0 atom stereocenters. The van der Waals surface area contributed by atoms with Crippen molar-refractivity contribution in [3.8, 4) is 56.4 Å². The summed E-state index contributed by atoms with van der Waals surface area (Å²) >= 11 is 0. The number of nitrogens with zero attached hydrogens (tertiary/aromatic N) is 3. The second kappa shape index (κ2) is 11.2. The van der Waals surface area contributed by atoms with Crippen LogP contribution in [0.4, 0.5) is 0 Å². The molecular weight excluding hydrogens is 574 g/mol. The molecule has 0 N–H and O–H groups in total. The summed E-state index contributed by atoms with van der Waals surface area (Å²) in [6.45, 7) is 0. The predicted molar refractivity (Wildman–Crippen MR) is 192 cm³/mol. The predicted octanol–water partition coefficient (Wildman–Crippen LogP) is 11.3. The minimum absolute atomic E-state index is 0.638. The highest BCUT2D eigenvalue weighted by molar-refractivity contribution is 6.12. The number of rotatable bonds is 5. The van der Waals surface area contributed by atoms with Gasteiger partial charge in [-0.1, -0.05) is 133 Å². The highest BCUT2D eigenvalue weighted by Gasteiger charge is 2.15. The normalized spacial score (nSPS) is 11.4. The van der Waals surface area contributed by atoms with Crippen molar-refractivity contribution < 1.29 is 4.42 Å². The molecule has 9 rings (SSSR count). The van der Waals surface area contributed by atoms with E-state index in [0.29, 0.717) is 17.5 Å². The first kappa shape index (κ1) is 27.0. The van der Waals surface area contributed by atoms with Gasteiger partial charge in [-0.05, 0) is 63.4 Å². The van der Waals surface area contributed by atoms with Crippen LogP contribution in [0.15, 0.2) is 168 Å². The fraction of sp³-hybridized carbons (Fsp3) is 0. The van der Waals surface area contributed by atoms with E-state index in [4.69, 9.17) is 19.4 Å². The van der Waals surface area contributed by atoms with Gasteiger partial charge in [0.25, 0.3) is 0 Å². The molecule has 0 aliphatic carbocycles. The third kappa shape index (κ3) is 4.93. The molecule has 0 fully saturated rings. The highest BCUT2D eigenvalue weighted by atomic mass is 16.3. The van der Waals surface area contributed by atoms with Gasteiger partial charge in [-0.25, -0.2) is 15.0 Å². The number of hydrogen-bond donors (Lipinski definition) is 0. The largest absolute Gasteiger partial charge is 0.456 e.